The third-order valence-electron chi connectivity index (χ3n) is 1.99. The van der Waals surface area contributed by atoms with Crippen LogP contribution in [0.3, 0.4) is 0 Å². The van der Waals surface area contributed by atoms with Crippen LogP contribution in [0, 0.1) is 0 Å². The summed E-state index contributed by atoms with van der Waals surface area (Å²) in [5.74, 6) is 0. The molecule has 0 aliphatic heterocycles. The molecular weight excluding hydrogens is 318 g/mol. The van der Waals surface area contributed by atoms with E-state index in [4.69, 9.17) is 3.63 Å². The molecule has 2 aromatic rings. The van der Waals surface area contributed by atoms with Gasteiger partial charge in [0.25, 0.3) is 0 Å². The third-order valence-corrected chi connectivity index (χ3v) is 4.30. The molecule has 0 heterocycles. The Balaban J connectivity index is 0.00000162. The van der Waals surface area contributed by atoms with Gasteiger partial charge in [-0.15, -0.1) is 0 Å². The van der Waals surface area contributed by atoms with E-state index in [9.17, 15) is 8.42 Å². The molecule has 0 bridgehead atoms. The summed E-state index contributed by atoms with van der Waals surface area (Å²) in [6, 6.07) is 17.3. The minimum absolute atomic E-state index is 0. The summed E-state index contributed by atoms with van der Waals surface area (Å²) in [6.07, 6.45) is 0. The van der Waals surface area contributed by atoms with Crippen molar-refractivity contribution in [2.75, 3.05) is 0 Å². The van der Waals surface area contributed by atoms with Crippen molar-refractivity contribution in [2.45, 2.75) is 9.79 Å². The molecule has 0 fully saturated rings. The normalized spacial score (nSPS) is 12.6. The fourth-order valence-corrected chi connectivity index (χ4v) is 3.03. The molecular formula is C12H12KNaO3S2. The van der Waals surface area contributed by atoms with E-state index in [1.165, 1.54) is 0 Å². The van der Waals surface area contributed by atoms with Gasteiger partial charge in [-0.25, -0.2) is 8.42 Å². The topological polar surface area (TPSA) is 43.4 Å². The number of hydrogen-bond donors (Lipinski definition) is 0. The molecule has 0 atom stereocenters. The van der Waals surface area contributed by atoms with Crippen molar-refractivity contribution in [1.29, 1.82) is 0 Å². The van der Waals surface area contributed by atoms with Crippen molar-refractivity contribution in [2.24, 2.45) is 0 Å². The molecule has 7 heteroatoms. The monoisotopic (exact) mass is 330 g/mol. The molecule has 3 nitrogen and oxygen atoms in total. The molecule has 2 aromatic carbocycles. The average Bonchev–Trinajstić information content (AvgIpc) is 2.40. The van der Waals surface area contributed by atoms with Crippen molar-refractivity contribution in [1.82, 2.24) is 0 Å². The Morgan fingerprint density at radius 1 is 0.684 bits per heavy atom. The number of hydrogen-bond acceptors (Lipinski definition) is 3. The van der Waals surface area contributed by atoms with E-state index in [-0.39, 0.29) is 80.9 Å². The summed E-state index contributed by atoms with van der Waals surface area (Å²) in [6.45, 7) is 0. The maximum absolute atomic E-state index is 11.7. The molecule has 0 saturated carbocycles. The molecule has 0 aromatic heterocycles. The van der Waals surface area contributed by atoms with E-state index < -0.39 is 22.2 Å². The van der Waals surface area contributed by atoms with Gasteiger partial charge >= 0.3 is 80.9 Å². The van der Waals surface area contributed by atoms with E-state index in [1.54, 1.807) is 48.5 Å². The van der Waals surface area contributed by atoms with Crippen molar-refractivity contribution < 1.29 is 12.0 Å². The van der Waals surface area contributed by atoms with Crippen LogP contribution in [0.4, 0.5) is 0 Å². The van der Waals surface area contributed by atoms with Crippen molar-refractivity contribution >= 4 is 103 Å². The first-order valence-corrected chi connectivity index (χ1v) is 7.05. The molecule has 0 aliphatic carbocycles. The van der Waals surface area contributed by atoms with Gasteiger partial charge in [-0.1, -0.05) is 36.4 Å². The van der Waals surface area contributed by atoms with E-state index in [0.29, 0.717) is 9.79 Å². The maximum atomic E-state index is 11.7. The van der Waals surface area contributed by atoms with Crippen molar-refractivity contribution in [3.8, 4) is 0 Å². The molecule has 0 radical (unpaired) electrons. The zero-order chi connectivity index (χ0) is 12.1. The second kappa shape index (κ2) is 11.0. The van der Waals surface area contributed by atoms with Gasteiger partial charge in [0.1, 0.15) is 0 Å². The third kappa shape index (κ3) is 6.75. The Bertz CT molecular complexity index is 488. The second-order valence-electron chi connectivity index (χ2n) is 3.16. The molecule has 19 heavy (non-hydrogen) atoms. The molecule has 0 spiro atoms. The predicted octanol–water partition coefficient (Wildman–Crippen LogP) is 1.15. The summed E-state index contributed by atoms with van der Waals surface area (Å²) in [4.78, 5) is 0.994. The Labute approximate surface area is 182 Å². The van der Waals surface area contributed by atoms with Crippen LogP contribution in [0.1, 0.15) is 0 Å². The van der Waals surface area contributed by atoms with Gasteiger partial charge < -0.3 is 0 Å². The van der Waals surface area contributed by atoms with Crippen LogP contribution < -0.4 is 0 Å². The van der Waals surface area contributed by atoms with Crippen LogP contribution in [0.5, 0.6) is 0 Å². The van der Waals surface area contributed by atoms with Gasteiger partial charge in [-0.3, -0.25) is 0 Å². The van der Waals surface area contributed by atoms with Gasteiger partial charge in [-0.05, 0) is 24.3 Å². The van der Waals surface area contributed by atoms with Gasteiger partial charge in [-0.2, -0.15) is 3.63 Å². The standard InChI is InChI=1S/C12H10O3S2.K.Na.2H/c13-16(11-7-3-1-4-8-11)15-17(14)12-9-5-2-6-10-12;;;;/h1-10H;;;;. The van der Waals surface area contributed by atoms with Crippen molar-refractivity contribution in [3.63, 3.8) is 0 Å². The van der Waals surface area contributed by atoms with Crippen LogP contribution >= 0.6 is 0 Å². The molecule has 0 N–H and O–H groups in total. The Hall–Kier alpha value is 1.34. The Morgan fingerprint density at radius 2 is 1.00 bits per heavy atom. The van der Waals surface area contributed by atoms with Gasteiger partial charge in [0.15, 0.2) is 0 Å². The fourth-order valence-electron chi connectivity index (χ4n) is 1.20. The van der Waals surface area contributed by atoms with Crippen LogP contribution in [-0.2, 0) is 25.8 Å². The first kappa shape index (κ1) is 20.3. The van der Waals surface area contributed by atoms with Gasteiger partial charge in [0, 0.05) is 0 Å². The first-order valence-electron chi connectivity index (χ1n) is 4.90. The van der Waals surface area contributed by atoms with Crippen molar-refractivity contribution in [3.05, 3.63) is 60.7 Å². The van der Waals surface area contributed by atoms with Crippen LogP contribution in [0.25, 0.3) is 0 Å². The molecule has 0 saturated heterocycles. The van der Waals surface area contributed by atoms with Crippen LogP contribution in [0.2, 0.25) is 0 Å². The van der Waals surface area contributed by atoms with Gasteiger partial charge in [0.05, 0.1) is 9.79 Å². The molecule has 0 aliphatic rings. The molecule has 0 unspecified atom stereocenters. The average molecular weight is 330 g/mol. The summed E-state index contributed by atoms with van der Waals surface area (Å²) in [5, 5.41) is 0. The summed E-state index contributed by atoms with van der Waals surface area (Å²) >= 11 is -3.43. The van der Waals surface area contributed by atoms with Crippen LogP contribution in [0.15, 0.2) is 70.5 Å². The predicted molar refractivity (Wildman–Crippen MR) is 81.1 cm³/mol. The zero-order valence-electron chi connectivity index (χ0n) is 8.81. The van der Waals surface area contributed by atoms with E-state index >= 15 is 0 Å². The molecule has 92 valence electrons. The zero-order valence-corrected chi connectivity index (χ0v) is 10.4. The Morgan fingerprint density at radius 3 is 1.32 bits per heavy atom. The SMILES string of the molecule is O=S(OS(=O)c1ccccc1)c1ccccc1.[KH].[NaH]. The number of benzene rings is 2. The van der Waals surface area contributed by atoms with Gasteiger partial charge in [0.2, 0.25) is 22.2 Å². The van der Waals surface area contributed by atoms with E-state index in [1.807, 2.05) is 12.1 Å². The summed E-state index contributed by atoms with van der Waals surface area (Å²) < 4.78 is 28.4. The summed E-state index contributed by atoms with van der Waals surface area (Å²) in [5.41, 5.74) is 0. The van der Waals surface area contributed by atoms with Crippen LogP contribution in [-0.4, -0.2) is 89.4 Å². The fraction of sp³-hybridized carbons (Fsp3) is 0. The number of rotatable bonds is 4. The van der Waals surface area contributed by atoms with E-state index in [0.717, 1.165) is 0 Å². The second-order valence-corrected chi connectivity index (χ2v) is 5.59. The Kier molecular flexibility index (Phi) is 11.7. The molecule has 2 rings (SSSR count). The minimum atomic E-state index is -1.71. The first-order chi connectivity index (χ1) is 8.27. The molecule has 0 amide bonds. The quantitative estimate of drug-likeness (QED) is 0.790. The summed E-state index contributed by atoms with van der Waals surface area (Å²) in [7, 11) is 0. The van der Waals surface area contributed by atoms with E-state index in [2.05, 4.69) is 0 Å².